The molecule has 19 heavy (non-hydrogen) atoms. The maximum Gasteiger partial charge on any atom is 0.344 e. The van der Waals surface area contributed by atoms with Crippen LogP contribution in [0.5, 0.6) is 5.75 Å². The molecule has 106 valence electrons. The van der Waals surface area contributed by atoms with E-state index < -0.39 is 12.1 Å². The van der Waals surface area contributed by atoms with Crippen molar-refractivity contribution in [3.8, 4) is 5.75 Å². The van der Waals surface area contributed by atoms with Gasteiger partial charge >= 0.3 is 5.97 Å². The monoisotopic (exact) mass is 265 g/mol. The zero-order chi connectivity index (χ0) is 14.1. The summed E-state index contributed by atoms with van der Waals surface area (Å²) in [7, 11) is 0. The minimum Gasteiger partial charge on any atom is -0.479 e. The molecule has 0 heterocycles. The molecule has 1 aromatic rings. The number of benzene rings is 1. The maximum absolute atomic E-state index is 10.9. The molecule has 0 radical (unpaired) electrons. The van der Waals surface area contributed by atoms with Gasteiger partial charge in [-0.15, -0.1) is 0 Å². The second-order valence-corrected chi connectivity index (χ2v) is 4.53. The molecule has 0 bridgehead atoms. The smallest absolute Gasteiger partial charge is 0.344 e. The minimum absolute atomic E-state index is 0.453. The third-order valence-electron chi connectivity index (χ3n) is 2.86. The van der Waals surface area contributed by atoms with Crippen LogP contribution in [-0.2, 0) is 11.3 Å². The molecule has 1 unspecified atom stereocenters. The highest BCUT2D eigenvalue weighted by Crippen LogP contribution is 2.16. The van der Waals surface area contributed by atoms with Crippen molar-refractivity contribution in [2.75, 3.05) is 6.54 Å². The van der Waals surface area contributed by atoms with Gasteiger partial charge in [0, 0.05) is 6.54 Å². The summed E-state index contributed by atoms with van der Waals surface area (Å²) < 4.78 is 5.47. The zero-order valence-electron chi connectivity index (χ0n) is 11.7. The highest BCUT2D eigenvalue weighted by molar-refractivity contribution is 5.72. The summed E-state index contributed by atoms with van der Waals surface area (Å²) >= 11 is 0. The van der Waals surface area contributed by atoms with Gasteiger partial charge in [-0.3, -0.25) is 0 Å². The Morgan fingerprint density at radius 2 is 2.21 bits per heavy atom. The zero-order valence-corrected chi connectivity index (χ0v) is 11.7. The number of carboxylic acids is 1. The molecule has 0 saturated carbocycles. The number of unbranched alkanes of at least 4 members (excludes halogenated alkanes) is 1. The molecular formula is C15H23NO3. The first kappa shape index (κ1) is 15.5. The van der Waals surface area contributed by atoms with Gasteiger partial charge in [0.05, 0.1) is 0 Å². The SMILES string of the molecule is CCCCNCc1cccc(OC(CC)C(=O)O)c1. The lowest BCUT2D eigenvalue weighted by Crippen LogP contribution is -2.26. The van der Waals surface area contributed by atoms with Gasteiger partial charge in [0.1, 0.15) is 5.75 Å². The molecule has 2 N–H and O–H groups in total. The molecule has 1 aromatic carbocycles. The van der Waals surface area contributed by atoms with Crippen molar-refractivity contribution in [3.63, 3.8) is 0 Å². The maximum atomic E-state index is 10.9. The molecule has 0 aliphatic rings. The second-order valence-electron chi connectivity index (χ2n) is 4.53. The van der Waals surface area contributed by atoms with Crippen LogP contribution in [0.1, 0.15) is 38.7 Å². The first-order valence-electron chi connectivity index (χ1n) is 6.86. The van der Waals surface area contributed by atoms with Gasteiger partial charge in [0.15, 0.2) is 6.10 Å². The number of nitrogens with one attached hydrogen (secondary N) is 1. The van der Waals surface area contributed by atoms with Gasteiger partial charge < -0.3 is 15.2 Å². The molecule has 4 heteroatoms. The summed E-state index contributed by atoms with van der Waals surface area (Å²) in [5.74, 6) is -0.307. The summed E-state index contributed by atoms with van der Waals surface area (Å²) in [5.41, 5.74) is 1.11. The third-order valence-corrected chi connectivity index (χ3v) is 2.86. The van der Waals surface area contributed by atoms with E-state index >= 15 is 0 Å². The lowest BCUT2D eigenvalue weighted by molar-refractivity contribution is -0.145. The second kappa shape index (κ2) is 8.53. The fraction of sp³-hybridized carbons (Fsp3) is 0.533. The van der Waals surface area contributed by atoms with Crippen LogP contribution in [0.15, 0.2) is 24.3 Å². The fourth-order valence-corrected chi connectivity index (χ4v) is 1.74. The van der Waals surface area contributed by atoms with Crippen molar-refractivity contribution < 1.29 is 14.6 Å². The molecule has 1 atom stereocenters. The van der Waals surface area contributed by atoms with E-state index in [1.807, 2.05) is 18.2 Å². The van der Waals surface area contributed by atoms with Crippen molar-refractivity contribution in [1.82, 2.24) is 5.32 Å². The Bertz CT molecular complexity index is 393. The molecule has 0 aromatic heterocycles. The van der Waals surface area contributed by atoms with Gasteiger partial charge in [-0.25, -0.2) is 4.79 Å². The number of aliphatic carboxylic acids is 1. The standard InChI is InChI=1S/C15H23NO3/c1-3-5-9-16-11-12-7-6-8-13(10-12)19-14(4-2)15(17)18/h6-8,10,14,16H,3-5,9,11H2,1-2H3,(H,17,18). The van der Waals surface area contributed by atoms with Crippen LogP contribution < -0.4 is 10.1 Å². The number of rotatable bonds is 9. The number of carboxylic acid groups (broad SMARTS) is 1. The third kappa shape index (κ3) is 5.75. The Morgan fingerprint density at radius 3 is 2.84 bits per heavy atom. The number of hydrogen-bond donors (Lipinski definition) is 2. The van der Waals surface area contributed by atoms with Crippen LogP contribution in [-0.4, -0.2) is 23.7 Å². The summed E-state index contributed by atoms with van der Waals surface area (Å²) in [6.07, 6.45) is 2.01. The van der Waals surface area contributed by atoms with Gasteiger partial charge in [-0.05, 0) is 37.1 Å². The first-order chi connectivity index (χ1) is 9.17. The molecule has 4 nitrogen and oxygen atoms in total. The van der Waals surface area contributed by atoms with E-state index in [2.05, 4.69) is 12.2 Å². The molecule has 0 spiro atoms. The van der Waals surface area contributed by atoms with E-state index in [1.54, 1.807) is 13.0 Å². The lowest BCUT2D eigenvalue weighted by Gasteiger charge is -2.14. The summed E-state index contributed by atoms with van der Waals surface area (Å²) in [4.78, 5) is 10.9. The summed E-state index contributed by atoms with van der Waals surface area (Å²) in [6, 6.07) is 7.58. The van der Waals surface area contributed by atoms with E-state index in [1.165, 1.54) is 6.42 Å². The molecule has 0 aliphatic carbocycles. The Balaban J connectivity index is 2.53. The molecule has 0 saturated heterocycles. The van der Waals surface area contributed by atoms with Gasteiger partial charge in [-0.2, -0.15) is 0 Å². The molecule has 0 amide bonds. The van der Waals surface area contributed by atoms with E-state index in [4.69, 9.17) is 9.84 Å². The largest absolute Gasteiger partial charge is 0.479 e. The molecule has 0 aliphatic heterocycles. The van der Waals surface area contributed by atoms with Crippen molar-refractivity contribution in [2.45, 2.75) is 45.8 Å². The average Bonchev–Trinajstić information content (AvgIpc) is 2.41. The van der Waals surface area contributed by atoms with E-state index in [0.29, 0.717) is 12.2 Å². The van der Waals surface area contributed by atoms with Crippen molar-refractivity contribution in [3.05, 3.63) is 29.8 Å². The summed E-state index contributed by atoms with van der Waals surface area (Å²) in [6.45, 7) is 5.73. The number of carbonyl (C=O) groups is 1. The molecule has 0 fully saturated rings. The molecular weight excluding hydrogens is 242 g/mol. The van der Waals surface area contributed by atoms with E-state index in [-0.39, 0.29) is 0 Å². The number of ether oxygens (including phenoxy) is 1. The van der Waals surface area contributed by atoms with Crippen LogP contribution in [0.3, 0.4) is 0 Å². The van der Waals surface area contributed by atoms with Crippen LogP contribution in [0.4, 0.5) is 0 Å². The van der Waals surface area contributed by atoms with E-state index in [9.17, 15) is 4.79 Å². The first-order valence-corrected chi connectivity index (χ1v) is 6.86. The lowest BCUT2D eigenvalue weighted by atomic mass is 10.2. The van der Waals surface area contributed by atoms with Crippen molar-refractivity contribution in [2.24, 2.45) is 0 Å². The molecule has 1 rings (SSSR count). The topological polar surface area (TPSA) is 58.6 Å². The van der Waals surface area contributed by atoms with Crippen molar-refractivity contribution in [1.29, 1.82) is 0 Å². The van der Waals surface area contributed by atoms with E-state index in [0.717, 1.165) is 25.1 Å². The van der Waals surface area contributed by atoms with Crippen LogP contribution >= 0.6 is 0 Å². The predicted octanol–water partition coefficient (Wildman–Crippen LogP) is 2.82. The van der Waals surface area contributed by atoms with Gasteiger partial charge in [0.25, 0.3) is 0 Å². The Hall–Kier alpha value is -1.55. The fourth-order valence-electron chi connectivity index (χ4n) is 1.74. The van der Waals surface area contributed by atoms with Crippen LogP contribution in [0, 0.1) is 0 Å². The van der Waals surface area contributed by atoms with Crippen LogP contribution in [0.2, 0.25) is 0 Å². The Morgan fingerprint density at radius 1 is 1.42 bits per heavy atom. The Labute approximate surface area is 114 Å². The summed E-state index contributed by atoms with van der Waals surface area (Å²) in [5, 5.41) is 12.3. The minimum atomic E-state index is -0.922. The van der Waals surface area contributed by atoms with Crippen LogP contribution in [0.25, 0.3) is 0 Å². The Kier molecular flexibility index (Phi) is 6.97. The number of hydrogen-bond acceptors (Lipinski definition) is 3. The predicted molar refractivity (Wildman–Crippen MR) is 75.4 cm³/mol. The highest BCUT2D eigenvalue weighted by atomic mass is 16.5. The van der Waals surface area contributed by atoms with Gasteiger partial charge in [0.2, 0.25) is 0 Å². The van der Waals surface area contributed by atoms with Gasteiger partial charge in [-0.1, -0.05) is 32.4 Å². The average molecular weight is 265 g/mol. The van der Waals surface area contributed by atoms with Crippen molar-refractivity contribution >= 4 is 5.97 Å². The quantitative estimate of drug-likeness (QED) is 0.674. The normalized spacial score (nSPS) is 12.1. The highest BCUT2D eigenvalue weighted by Gasteiger charge is 2.16.